The first-order chi connectivity index (χ1) is 12.3. The second-order valence-electron chi connectivity index (χ2n) is 5.80. The maximum atomic E-state index is 6.17. The van der Waals surface area contributed by atoms with Crippen molar-refractivity contribution in [1.82, 2.24) is 24.9 Å². The highest BCUT2D eigenvalue weighted by atomic mass is 35.5. The molecule has 128 valence electrons. The lowest BCUT2D eigenvalue weighted by atomic mass is 10.2. The zero-order valence-electron chi connectivity index (χ0n) is 13.4. The number of aromatic nitrogens is 5. The van der Waals surface area contributed by atoms with Crippen LogP contribution in [-0.2, 0) is 12.3 Å². The molecular weight excluding hydrogens is 358 g/mol. The van der Waals surface area contributed by atoms with E-state index in [-0.39, 0.29) is 0 Å². The Bertz CT molecular complexity index is 902. The lowest BCUT2D eigenvalue weighted by molar-refractivity contribution is 0.425. The molecule has 0 aliphatic heterocycles. The van der Waals surface area contributed by atoms with Crippen LogP contribution in [-0.4, -0.2) is 24.9 Å². The summed E-state index contributed by atoms with van der Waals surface area (Å²) in [7, 11) is 0. The fourth-order valence-corrected chi connectivity index (χ4v) is 3.55. The van der Waals surface area contributed by atoms with Crippen LogP contribution in [0.1, 0.15) is 30.4 Å². The van der Waals surface area contributed by atoms with Crippen LogP contribution in [0.2, 0.25) is 5.02 Å². The molecule has 0 spiro atoms. The minimum absolute atomic E-state index is 0.424. The summed E-state index contributed by atoms with van der Waals surface area (Å²) in [5, 5.41) is 14.1. The smallest absolute Gasteiger partial charge is 0.259 e. The van der Waals surface area contributed by atoms with Crippen molar-refractivity contribution in [3.63, 3.8) is 0 Å². The average Bonchev–Trinajstić information content (AvgIpc) is 3.22. The number of benzene rings is 1. The molecular formula is C17H16ClN5OS. The number of hydrogen-bond acceptors (Lipinski definition) is 6. The molecule has 1 saturated carbocycles. The van der Waals surface area contributed by atoms with Crippen LogP contribution in [0, 0.1) is 0 Å². The van der Waals surface area contributed by atoms with Gasteiger partial charge in [0.05, 0.1) is 16.3 Å². The topological polar surface area (TPSA) is 69.6 Å². The van der Waals surface area contributed by atoms with E-state index in [0.29, 0.717) is 35.0 Å². The maximum absolute atomic E-state index is 6.17. The van der Waals surface area contributed by atoms with E-state index < -0.39 is 0 Å². The molecule has 0 amide bonds. The van der Waals surface area contributed by atoms with Crippen molar-refractivity contribution in [3.05, 3.63) is 53.6 Å². The van der Waals surface area contributed by atoms with Gasteiger partial charge in [-0.3, -0.25) is 0 Å². The lowest BCUT2D eigenvalue weighted by Gasteiger charge is -2.05. The number of halogens is 1. The van der Waals surface area contributed by atoms with Gasteiger partial charge < -0.3 is 9.09 Å². The molecule has 1 aliphatic carbocycles. The van der Waals surface area contributed by atoms with Crippen LogP contribution in [0.15, 0.2) is 46.6 Å². The highest BCUT2D eigenvalue weighted by Crippen LogP contribution is 2.40. The Labute approximate surface area is 154 Å². The van der Waals surface area contributed by atoms with E-state index >= 15 is 0 Å². The highest BCUT2D eigenvalue weighted by molar-refractivity contribution is 7.98. The maximum Gasteiger partial charge on any atom is 0.259 e. The van der Waals surface area contributed by atoms with Gasteiger partial charge in [0.1, 0.15) is 5.82 Å². The quantitative estimate of drug-likeness (QED) is 0.453. The zero-order valence-corrected chi connectivity index (χ0v) is 15.0. The first kappa shape index (κ1) is 16.4. The predicted molar refractivity (Wildman–Crippen MR) is 96.5 cm³/mol. The summed E-state index contributed by atoms with van der Waals surface area (Å²) in [6, 6.07) is 7.40. The van der Waals surface area contributed by atoms with Gasteiger partial charge in [0.2, 0.25) is 0 Å². The minimum Gasteiger partial charge on any atom is -0.334 e. The third-order valence-corrected chi connectivity index (χ3v) is 5.19. The van der Waals surface area contributed by atoms with E-state index in [1.54, 1.807) is 17.8 Å². The second kappa shape index (κ2) is 7.01. The highest BCUT2D eigenvalue weighted by Gasteiger charge is 2.30. The van der Waals surface area contributed by atoms with Gasteiger partial charge in [-0.1, -0.05) is 46.7 Å². The van der Waals surface area contributed by atoms with E-state index in [4.69, 9.17) is 16.1 Å². The standard InChI is InChI=1S/C17H16ClN5OS/c1-2-9-23-15(11-7-8-11)20-21-17(23)25-10-14-19-16(24-22-14)12-5-3-4-6-13(12)18/h2-6,11H,1,7-10H2. The summed E-state index contributed by atoms with van der Waals surface area (Å²) in [5.41, 5.74) is 0.735. The number of allylic oxidation sites excluding steroid dienone is 1. The largest absolute Gasteiger partial charge is 0.334 e. The molecule has 8 heteroatoms. The molecule has 0 radical (unpaired) electrons. The SMILES string of the molecule is C=CCn1c(SCc2noc(-c3ccccc3Cl)n2)nnc1C1CC1. The van der Waals surface area contributed by atoms with Crippen LogP contribution in [0.4, 0.5) is 0 Å². The predicted octanol–water partition coefficient (Wildman–Crippen LogP) is 4.34. The summed E-state index contributed by atoms with van der Waals surface area (Å²) < 4.78 is 7.45. The number of thioether (sulfide) groups is 1. The molecule has 25 heavy (non-hydrogen) atoms. The normalized spacial score (nSPS) is 14.0. The molecule has 1 aromatic carbocycles. The molecule has 0 unspecified atom stereocenters. The minimum atomic E-state index is 0.424. The second-order valence-corrected chi connectivity index (χ2v) is 7.15. The van der Waals surface area contributed by atoms with E-state index in [2.05, 4.69) is 31.5 Å². The van der Waals surface area contributed by atoms with Gasteiger partial charge in [-0.15, -0.1) is 16.8 Å². The first-order valence-corrected chi connectivity index (χ1v) is 9.37. The Morgan fingerprint density at radius 1 is 1.32 bits per heavy atom. The van der Waals surface area contributed by atoms with E-state index in [0.717, 1.165) is 16.5 Å². The van der Waals surface area contributed by atoms with E-state index in [1.165, 1.54) is 12.8 Å². The molecule has 6 nitrogen and oxygen atoms in total. The zero-order chi connectivity index (χ0) is 17.2. The van der Waals surface area contributed by atoms with Crippen LogP contribution >= 0.6 is 23.4 Å². The molecule has 0 atom stereocenters. The Morgan fingerprint density at radius 3 is 2.92 bits per heavy atom. The summed E-state index contributed by atoms with van der Waals surface area (Å²) in [5.74, 6) is 3.16. The van der Waals surface area contributed by atoms with E-state index in [1.807, 2.05) is 24.3 Å². The third-order valence-electron chi connectivity index (χ3n) is 3.90. The molecule has 0 bridgehead atoms. The summed E-state index contributed by atoms with van der Waals surface area (Å²) in [6.45, 7) is 4.53. The molecule has 2 aromatic heterocycles. The molecule has 1 fully saturated rings. The van der Waals surface area contributed by atoms with Gasteiger partial charge in [-0.25, -0.2) is 0 Å². The average molecular weight is 374 g/mol. The van der Waals surface area contributed by atoms with Crippen molar-refractivity contribution in [2.75, 3.05) is 0 Å². The van der Waals surface area contributed by atoms with Crippen molar-refractivity contribution in [2.45, 2.75) is 36.2 Å². The van der Waals surface area contributed by atoms with Crippen molar-refractivity contribution in [3.8, 4) is 11.5 Å². The van der Waals surface area contributed by atoms with Crippen molar-refractivity contribution in [1.29, 1.82) is 0 Å². The molecule has 4 rings (SSSR count). The van der Waals surface area contributed by atoms with Crippen molar-refractivity contribution < 1.29 is 4.52 Å². The van der Waals surface area contributed by atoms with Crippen LogP contribution in [0.3, 0.4) is 0 Å². The van der Waals surface area contributed by atoms with Gasteiger partial charge >= 0.3 is 0 Å². The summed E-state index contributed by atoms with van der Waals surface area (Å²) in [4.78, 5) is 4.43. The Hall–Kier alpha value is -2.12. The molecule has 0 N–H and O–H groups in total. The van der Waals surface area contributed by atoms with Gasteiger partial charge in [-0.05, 0) is 25.0 Å². The van der Waals surface area contributed by atoms with Gasteiger partial charge in [-0.2, -0.15) is 4.98 Å². The molecule has 3 aromatic rings. The molecule has 1 aliphatic rings. The van der Waals surface area contributed by atoms with Crippen LogP contribution in [0.5, 0.6) is 0 Å². The fraction of sp³-hybridized carbons (Fsp3) is 0.294. The van der Waals surface area contributed by atoms with Gasteiger partial charge in [0.25, 0.3) is 5.89 Å². The Morgan fingerprint density at radius 2 is 2.16 bits per heavy atom. The number of rotatable bonds is 7. The Balaban J connectivity index is 1.49. The number of hydrogen-bond donors (Lipinski definition) is 0. The Kier molecular flexibility index (Phi) is 4.59. The molecule has 2 heterocycles. The lowest BCUT2D eigenvalue weighted by Crippen LogP contribution is -2.02. The van der Waals surface area contributed by atoms with Crippen molar-refractivity contribution in [2.24, 2.45) is 0 Å². The van der Waals surface area contributed by atoms with Crippen LogP contribution < -0.4 is 0 Å². The molecule has 0 saturated heterocycles. The first-order valence-electron chi connectivity index (χ1n) is 8.00. The summed E-state index contributed by atoms with van der Waals surface area (Å²) in [6.07, 6.45) is 4.24. The number of nitrogens with zero attached hydrogens (tertiary/aromatic N) is 5. The van der Waals surface area contributed by atoms with Crippen LogP contribution in [0.25, 0.3) is 11.5 Å². The van der Waals surface area contributed by atoms with Crippen molar-refractivity contribution >= 4 is 23.4 Å². The van der Waals surface area contributed by atoms with Gasteiger partial charge in [0, 0.05) is 12.5 Å². The monoisotopic (exact) mass is 373 g/mol. The fourth-order valence-electron chi connectivity index (χ4n) is 2.54. The van der Waals surface area contributed by atoms with E-state index in [9.17, 15) is 0 Å². The van der Waals surface area contributed by atoms with Gasteiger partial charge in [0.15, 0.2) is 11.0 Å². The summed E-state index contributed by atoms with van der Waals surface area (Å²) >= 11 is 7.71. The third kappa shape index (κ3) is 3.48.